The summed E-state index contributed by atoms with van der Waals surface area (Å²) in [5, 5.41) is 32.7. The maximum absolute atomic E-state index is 9.60. The molecule has 0 rings (SSSR count). The highest BCUT2D eigenvalue weighted by molar-refractivity contribution is 5.85. The molecule has 30 heavy (non-hydrogen) atoms. The lowest BCUT2D eigenvalue weighted by Crippen LogP contribution is -2.28. The molecule has 0 aliphatic heterocycles. The van der Waals surface area contributed by atoms with Crippen LogP contribution < -0.4 is 11.0 Å². The van der Waals surface area contributed by atoms with E-state index in [1.807, 2.05) is 5.59 Å². The van der Waals surface area contributed by atoms with Gasteiger partial charge in [0.2, 0.25) is 0 Å². The summed E-state index contributed by atoms with van der Waals surface area (Å²) in [5.41, 5.74) is 4.98. The van der Waals surface area contributed by atoms with Crippen LogP contribution in [0, 0.1) is 0 Å². The lowest BCUT2D eigenvalue weighted by molar-refractivity contribution is -0.133. The van der Waals surface area contributed by atoms with Gasteiger partial charge in [-0.2, -0.15) is 0 Å². The van der Waals surface area contributed by atoms with Crippen molar-refractivity contribution >= 4 is 11.9 Å². The summed E-state index contributed by atoms with van der Waals surface area (Å²) in [6.07, 6.45) is 15.3. The molecule has 0 aromatic heterocycles. The van der Waals surface area contributed by atoms with Crippen LogP contribution in [0.25, 0.3) is 0 Å². The topological polar surface area (TPSA) is 139 Å². The summed E-state index contributed by atoms with van der Waals surface area (Å²) in [6, 6.07) is 0. The predicted molar refractivity (Wildman–Crippen MR) is 120 cm³/mol. The summed E-state index contributed by atoms with van der Waals surface area (Å²) in [7, 11) is 0. The molecule has 0 aliphatic carbocycles. The van der Waals surface area contributed by atoms with Gasteiger partial charge in [-0.05, 0) is 26.7 Å². The van der Waals surface area contributed by atoms with Crippen molar-refractivity contribution in [2.45, 2.75) is 90.9 Å². The van der Waals surface area contributed by atoms with E-state index in [0.717, 1.165) is 19.4 Å². The van der Waals surface area contributed by atoms with Gasteiger partial charge in [0.25, 0.3) is 0 Å². The number of nitrogens with one attached hydrogen (secondary N) is 2. The van der Waals surface area contributed by atoms with Gasteiger partial charge in [-0.1, -0.05) is 77.4 Å². The van der Waals surface area contributed by atoms with Gasteiger partial charge >= 0.3 is 11.9 Å². The molecule has 0 aromatic carbocycles. The number of carbonyl (C=O) groups is 2. The molecule has 0 spiro atoms. The number of carboxylic acids is 2. The molecule has 0 amide bonds. The van der Waals surface area contributed by atoms with Gasteiger partial charge in [0.1, 0.15) is 0 Å². The lowest BCUT2D eigenvalue weighted by Gasteiger charge is -2.03. The number of hydrogen-bond donors (Lipinski definition) is 6. The molecule has 6 N–H and O–H groups in total. The van der Waals surface area contributed by atoms with E-state index in [1.165, 1.54) is 78.1 Å². The lowest BCUT2D eigenvalue weighted by atomic mass is 10.1. The zero-order chi connectivity index (χ0) is 23.6. The SMILES string of the molecule is C=C(C)C(=O)O.C=C(C)C(=O)O.OCCCCCCCCCCCCCCNNO. The summed E-state index contributed by atoms with van der Waals surface area (Å²) in [6.45, 7) is 10.4. The largest absolute Gasteiger partial charge is 0.478 e. The van der Waals surface area contributed by atoms with E-state index in [9.17, 15) is 9.59 Å². The van der Waals surface area contributed by atoms with E-state index in [2.05, 4.69) is 18.6 Å². The van der Waals surface area contributed by atoms with Gasteiger partial charge in [-0.25, -0.2) is 15.0 Å². The fraction of sp³-hybridized carbons (Fsp3) is 0.727. The van der Waals surface area contributed by atoms with Crippen LogP contribution in [0.3, 0.4) is 0 Å². The molecule has 8 heteroatoms. The highest BCUT2D eigenvalue weighted by atomic mass is 16.5. The zero-order valence-corrected chi connectivity index (χ0v) is 18.9. The molecule has 0 heterocycles. The van der Waals surface area contributed by atoms with E-state index in [4.69, 9.17) is 20.5 Å². The Kier molecular flexibility index (Phi) is 29.9. The number of aliphatic carboxylic acids is 2. The van der Waals surface area contributed by atoms with Crippen molar-refractivity contribution in [2.75, 3.05) is 13.2 Å². The molecule has 0 aromatic rings. The number of hydrazine groups is 1. The summed E-state index contributed by atoms with van der Waals surface area (Å²) < 4.78 is 0. The Bertz CT molecular complexity index is 377. The van der Waals surface area contributed by atoms with Crippen LogP contribution in [0.5, 0.6) is 0 Å². The van der Waals surface area contributed by atoms with Crippen LogP contribution >= 0.6 is 0 Å². The fourth-order valence-corrected chi connectivity index (χ4v) is 2.15. The minimum absolute atomic E-state index is 0.176. The molecule has 0 unspecified atom stereocenters. The highest BCUT2D eigenvalue weighted by Crippen LogP contribution is 2.11. The van der Waals surface area contributed by atoms with Crippen molar-refractivity contribution in [1.82, 2.24) is 11.0 Å². The van der Waals surface area contributed by atoms with Crippen molar-refractivity contribution in [1.29, 1.82) is 0 Å². The van der Waals surface area contributed by atoms with E-state index in [0.29, 0.717) is 6.61 Å². The van der Waals surface area contributed by atoms with E-state index in [1.54, 1.807) is 0 Å². The van der Waals surface area contributed by atoms with Crippen molar-refractivity contribution in [2.24, 2.45) is 0 Å². The minimum Gasteiger partial charge on any atom is -0.478 e. The maximum atomic E-state index is 9.60. The van der Waals surface area contributed by atoms with Crippen molar-refractivity contribution in [3.63, 3.8) is 0 Å². The molecule has 0 aliphatic rings. The Hall–Kier alpha value is -1.74. The first-order chi connectivity index (χ1) is 14.2. The minimum atomic E-state index is -0.935. The Morgan fingerprint density at radius 1 is 0.667 bits per heavy atom. The average Bonchev–Trinajstić information content (AvgIpc) is 2.69. The summed E-state index contributed by atoms with van der Waals surface area (Å²) >= 11 is 0. The molecule has 0 atom stereocenters. The van der Waals surface area contributed by atoms with Crippen molar-refractivity contribution in [3.05, 3.63) is 24.3 Å². The highest BCUT2D eigenvalue weighted by Gasteiger charge is 1.94. The first kappa shape index (κ1) is 32.9. The number of hydrogen-bond acceptors (Lipinski definition) is 6. The van der Waals surface area contributed by atoms with Crippen LogP contribution in [0.1, 0.15) is 90.9 Å². The van der Waals surface area contributed by atoms with Gasteiger partial charge in [0, 0.05) is 24.3 Å². The molecule has 8 nitrogen and oxygen atoms in total. The summed E-state index contributed by atoms with van der Waals surface area (Å²) in [5.74, 6) is -1.87. The predicted octanol–water partition coefficient (Wildman–Crippen LogP) is 4.44. The Morgan fingerprint density at radius 2 is 0.933 bits per heavy atom. The molecule has 0 bridgehead atoms. The van der Waals surface area contributed by atoms with Crippen LogP contribution in [0.2, 0.25) is 0 Å². The maximum Gasteiger partial charge on any atom is 0.330 e. The molecule has 0 fully saturated rings. The van der Waals surface area contributed by atoms with Gasteiger partial charge in [0.05, 0.1) is 0 Å². The van der Waals surface area contributed by atoms with Crippen molar-refractivity contribution < 1.29 is 30.1 Å². The van der Waals surface area contributed by atoms with Crippen LogP contribution in [-0.2, 0) is 9.59 Å². The first-order valence-electron chi connectivity index (χ1n) is 10.7. The van der Waals surface area contributed by atoms with Gasteiger partial charge in [-0.15, -0.1) is 5.59 Å². The first-order valence-corrected chi connectivity index (χ1v) is 10.7. The monoisotopic (exact) mass is 432 g/mol. The van der Waals surface area contributed by atoms with Gasteiger partial charge in [0.15, 0.2) is 0 Å². The molecule has 0 saturated carbocycles. The second-order valence-electron chi connectivity index (χ2n) is 7.18. The third-order valence-corrected chi connectivity index (χ3v) is 4.02. The number of carboxylic acid groups (broad SMARTS) is 2. The third kappa shape index (κ3) is 37.1. The van der Waals surface area contributed by atoms with Crippen LogP contribution in [-0.4, -0.2) is 45.6 Å². The van der Waals surface area contributed by atoms with E-state index in [-0.39, 0.29) is 11.1 Å². The quantitative estimate of drug-likeness (QED) is 0.113. The number of aliphatic hydroxyl groups excluding tert-OH is 1. The fourth-order valence-electron chi connectivity index (χ4n) is 2.15. The van der Waals surface area contributed by atoms with Crippen molar-refractivity contribution in [3.8, 4) is 0 Å². The third-order valence-electron chi connectivity index (χ3n) is 4.02. The zero-order valence-electron chi connectivity index (χ0n) is 18.9. The molecular weight excluding hydrogens is 388 g/mol. The molecule has 0 saturated heterocycles. The number of unbranched alkanes of at least 4 members (excludes halogenated alkanes) is 11. The van der Waals surface area contributed by atoms with E-state index < -0.39 is 11.9 Å². The second-order valence-corrected chi connectivity index (χ2v) is 7.18. The van der Waals surface area contributed by atoms with Crippen LogP contribution in [0.4, 0.5) is 0 Å². The average molecular weight is 433 g/mol. The number of rotatable bonds is 17. The molecular formula is C22H44N2O6. The van der Waals surface area contributed by atoms with E-state index >= 15 is 0 Å². The smallest absolute Gasteiger partial charge is 0.330 e. The van der Waals surface area contributed by atoms with Gasteiger partial charge < -0.3 is 20.5 Å². The normalized spacial score (nSPS) is 9.60. The van der Waals surface area contributed by atoms with Gasteiger partial charge in [-0.3, -0.25) is 0 Å². The van der Waals surface area contributed by atoms with Crippen LogP contribution in [0.15, 0.2) is 24.3 Å². The molecule has 178 valence electrons. The number of aliphatic hydroxyl groups is 1. The summed E-state index contributed by atoms with van der Waals surface area (Å²) in [4.78, 5) is 19.2. The Morgan fingerprint density at radius 3 is 1.17 bits per heavy atom. The molecule has 0 radical (unpaired) electrons. The Labute approximate surface area is 182 Å². The standard InChI is InChI=1S/C14H32N2O2.2C4H6O2/c17-14-12-10-8-6-4-2-1-3-5-7-9-11-13-15-16-18;2*1-3(2)4(5)6/h15-18H,1-14H2;2*1H2,2H3,(H,5,6). The second kappa shape index (κ2) is 27.3. The Balaban J connectivity index is -0.000000495.